The van der Waals surface area contributed by atoms with Crippen LogP contribution in [0.15, 0.2) is 59.9 Å². The third kappa shape index (κ3) is 3.21. The van der Waals surface area contributed by atoms with E-state index < -0.39 is 9.84 Å². The topological polar surface area (TPSA) is 59.9 Å². The number of benzene rings is 2. The summed E-state index contributed by atoms with van der Waals surface area (Å²) in [5, 5.41) is 0.0527. The SMILES string of the molecule is Cc1ccc(-c2ncnc(S(C)(=O)=O)c2-c2ccc(C)cc2)cc1. The second-order valence-corrected chi connectivity index (χ2v) is 7.84. The summed E-state index contributed by atoms with van der Waals surface area (Å²) in [5.74, 6) is 0. The van der Waals surface area contributed by atoms with Crippen LogP contribution < -0.4 is 0 Å². The quantitative estimate of drug-likeness (QED) is 0.681. The molecule has 0 N–H and O–H groups in total. The minimum absolute atomic E-state index is 0.0527. The van der Waals surface area contributed by atoms with Gasteiger partial charge in [-0.1, -0.05) is 59.7 Å². The molecule has 0 unspecified atom stereocenters. The molecule has 0 aliphatic carbocycles. The van der Waals surface area contributed by atoms with Crippen molar-refractivity contribution < 1.29 is 8.42 Å². The highest BCUT2D eigenvalue weighted by Gasteiger charge is 2.21. The summed E-state index contributed by atoms with van der Waals surface area (Å²) in [6.45, 7) is 4.00. The molecule has 0 aliphatic rings. The lowest BCUT2D eigenvalue weighted by Gasteiger charge is -2.13. The largest absolute Gasteiger partial charge is 0.236 e. The third-order valence-corrected chi connectivity index (χ3v) is 4.84. The summed E-state index contributed by atoms with van der Waals surface area (Å²) in [6.07, 6.45) is 2.48. The lowest BCUT2D eigenvalue weighted by Crippen LogP contribution is -2.06. The molecule has 0 saturated carbocycles. The predicted octanol–water partition coefficient (Wildman–Crippen LogP) is 3.83. The van der Waals surface area contributed by atoms with Crippen molar-refractivity contribution in [2.75, 3.05) is 6.26 Å². The van der Waals surface area contributed by atoms with Crippen LogP contribution in [0.1, 0.15) is 11.1 Å². The summed E-state index contributed by atoms with van der Waals surface area (Å²) in [7, 11) is -3.48. The Morgan fingerprint density at radius 2 is 1.25 bits per heavy atom. The Morgan fingerprint density at radius 1 is 0.750 bits per heavy atom. The fourth-order valence-electron chi connectivity index (χ4n) is 2.56. The second-order valence-electron chi connectivity index (χ2n) is 5.91. The highest BCUT2D eigenvalue weighted by atomic mass is 32.2. The minimum atomic E-state index is -3.48. The zero-order valence-corrected chi connectivity index (χ0v) is 14.6. The lowest BCUT2D eigenvalue weighted by atomic mass is 9.99. The average molecular weight is 338 g/mol. The van der Waals surface area contributed by atoms with Crippen LogP contribution >= 0.6 is 0 Å². The smallest absolute Gasteiger partial charge is 0.193 e. The zero-order chi connectivity index (χ0) is 17.3. The molecule has 0 atom stereocenters. The number of aromatic nitrogens is 2. The summed E-state index contributed by atoms with van der Waals surface area (Å²) in [4.78, 5) is 8.43. The van der Waals surface area contributed by atoms with Crippen LogP contribution in [0.3, 0.4) is 0 Å². The lowest BCUT2D eigenvalue weighted by molar-refractivity contribution is 0.598. The van der Waals surface area contributed by atoms with Gasteiger partial charge in [0.25, 0.3) is 0 Å². The molecule has 3 rings (SSSR count). The maximum absolute atomic E-state index is 12.2. The van der Waals surface area contributed by atoms with Gasteiger partial charge in [-0.2, -0.15) is 0 Å². The van der Waals surface area contributed by atoms with Crippen LogP contribution in [0, 0.1) is 13.8 Å². The summed E-state index contributed by atoms with van der Waals surface area (Å²) >= 11 is 0. The van der Waals surface area contributed by atoms with Gasteiger partial charge >= 0.3 is 0 Å². The molecule has 0 saturated heterocycles. The molecule has 5 heteroatoms. The maximum Gasteiger partial charge on any atom is 0.193 e. The molecule has 0 fully saturated rings. The van der Waals surface area contributed by atoms with E-state index in [4.69, 9.17) is 0 Å². The van der Waals surface area contributed by atoms with Crippen LogP contribution in [0.2, 0.25) is 0 Å². The van der Waals surface area contributed by atoms with Crippen LogP contribution in [-0.2, 0) is 9.84 Å². The van der Waals surface area contributed by atoms with Crippen molar-refractivity contribution in [1.82, 2.24) is 9.97 Å². The van der Waals surface area contributed by atoms with Gasteiger partial charge < -0.3 is 0 Å². The Bertz CT molecular complexity index is 977. The minimum Gasteiger partial charge on any atom is -0.236 e. The highest BCUT2D eigenvalue weighted by molar-refractivity contribution is 7.90. The Balaban J connectivity index is 2.34. The number of hydrogen-bond donors (Lipinski definition) is 0. The molecule has 0 amide bonds. The van der Waals surface area contributed by atoms with E-state index in [0.717, 1.165) is 22.3 Å². The van der Waals surface area contributed by atoms with Gasteiger partial charge in [0.05, 0.1) is 5.69 Å². The first-order valence-corrected chi connectivity index (χ1v) is 9.44. The van der Waals surface area contributed by atoms with Crippen LogP contribution in [0.4, 0.5) is 0 Å². The molecular formula is C19H18N2O2S. The molecule has 0 radical (unpaired) electrons. The van der Waals surface area contributed by atoms with Crippen LogP contribution in [0.5, 0.6) is 0 Å². The van der Waals surface area contributed by atoms with E-state index >= 15 is 0 Å². The molecule has 2 aromatic carbocycles. The molecule has 122 valence electrons. The van der Waals surface area contributed by atoms with Gasteiger partial charge in [0.2, 0.25) is 0 Å². The zero-order valence-electron chi connectivity index (χ0n) is 13.8. The molecule has 3 aromatic rings. The molecule has 4 nitrogen and oxygen atoms in total. The summed E-state index contributed by atoms with van der Waals surface area (Å²) < 4.78 is 24.5. The van der Waals surface area contributed by atoms with E-state index in [9.17, 15) is 8.42 Å². The average Bonchev–Trinajstić information content (AvgIpc) is 2.55. The Labute approximate surface area is 142 Å². The van der Waals surface area contributed by atoms with Gasteiger partial charge in [-0.05, 0) is 19.4 Å². The fourth-order valence-corrected chi connectivity index (χ4v) is 3.39. The van der Waals surface area contributed by atoms with Gasteiger partial charge in [-0.3, -0.25) is 0 Å². The summed E-state index contributed by atoms with van der Waals surface area (Å²) in [6, 6.07) is 15.6. The Kier molecular flexibility index (Phi) is 4.20. The second kappa shape index (κ2) is 6.17. The van der Waals surface area contributed by atoms with Crippen molar-refractivity contribution >= 4 is 9.84 Å². The number of hydrogen-bond acceptors (Lipinski definition) is 4. The molecule has 0 spiro atoms. The summed E-state index contributed by atoms with van der Waals surface area (Å²) in [5.41, 5.74) is 5.06. The fraction of sp³-hybridized carbons (Fsp3) is 0.158. The normalized spacial score (nSPS) is 11.5. The Hall–Kier alpha value is -2.53. The van der Waals surface area contributed by atoms with Crippen molar-refractivity contribution in [3.8, 4) is 22.4 Å². The third-order valence-electron chi connectivity index (χ3n) is 3.83. The molecule has 0 bridgehead atoms. The number of nitrogens with zero attached hydrogens (tertiary/aromatic N) is 2. The van der Waals surface area contributed by atoms with Gasteiger partial charge in [0.15, 0.2) is 14.9 Å². The van der Waals surface area contributed by atoms with Crippen molar-refractivity contribution in [2.24, 2.45) is 0 Å². The molecule has 24 heavy (non-hydrogen) atoms. The van der Waals surface area contributed by atoms with Crippen LogP contribution in [-0.4, -0.2) is 24.6 Å². The van der Waals surface area contributed by atoms with E-state index in [1.54, 1.807) is 0 Å². The molecule has 1 heterocycles. The standard InChI is InChI=1S/C19H18N2O2S/c1-13-4-8-15(9-5-13)17-18(16-10-6-14(2)7-11-16)20-12-21-19(17)24(3,22)23/h4-12H,1-3H3. The van der Waals surface area contributed by atoms with Gasteiger partial charge in [0.1, 0.15) is 6.33 Å². The Morgan fingerprint density at radius 3 is 1.75 bits per heavy atom. The number of rotatable bonds is 3. The van der Waals surface area contributed by atoms with E-state index in [-0.39, 0.29) is 5.03 Å². The van der Waals surface area contributed by atoms with Gasteiger partial charge in [-0.25, -0.2) is 18.4 Å². The van der Waals surface area contributed by atoms with E-state index in [1.807, 2.05) is 62.4 Å². The molecular weight excluding hydrogens is 320 g/mol. The number of aryl methyl sites for hydroxylation is 2. The van der Waals surface area contributed by atoms with Crippen molar-refractivity contribution in [3.63, 3.8) is 0 Å². The van der Waals surface area contributed by atoms with Gasteiger partial charge in [-0.15, -0.1) is 0 Å². The van der Waals surface area contributed by atoms with E-state index in [0.29, 0.717) is 11.3 Å². The number of sulfone groups is 1. The molecule has 1 aromatic heterocycles. The first-order valence-electron chi connectivity index (χ1n) is 7.55. The molecule has 0 aliphatic heterocycles. The van der Waals surface area contributed by atoms with Crippen molar-refractivity contribution in [3.05, 3.63) is 66.0 Å². The maximum atomic E-state index is 12.2. The first-order chi connectivity index (χ1) is 11.4. The first kappa shape index (κ1) is 16.3. The van der Waals surface area contributed by atoms with Gasteiger partial charge in [0, 0.05) is 17.4 Å². The highest BCUT2D eigenvalue weighted by Crippen LogP contribution is 2.34. The van der Waals surface area contributed by atoms with E-state index in [1.165, 1.54) is 12.6 Å². The van der Waals surface area contributed by atoms with Crippen molar-refractivity contribution in [1.29, 1.82) is 0 Å². The van der Waals surface area contributed by atoms with E-state index in [2.05, 4.69) is 9.97 Å². The monoisotopic (exact) mass is 338 g/mol. The van der Waals surface area contributed by atoms with Crippen molar-refractivity contribution in [2.45, 2.75) is 18.9 Å². The van der Waals surface area contributed by atoms with Crippen LogP contribution in [0.25, 0.3) is 22.4 Å². The predicted molar refractivity (Wildman–Crippen MR) is 95.5 cm³/mol.